The number of sulfone groups is 1. The summed E-state index contributed by atoms with van der Waals surface area (Å²) in [6, 6.07) is 16.9. The third-order valence-corrected chi connectivity index (χ3v) is 10.6. The quantitative estimate of drug-likeness (QED) is 0.262. The predicted molar refractivity (Wildman–Crippen MR) is 173 cm³/mol. The zero-order valence-corrected chi connectivity index (χ0v) is 26.3. The summed E-state index contributed by atoms with van der Waals surface area (Å²) in [6.45, 7) is 5.65. The van der Waals surface area contributed by atoms with Gasteiger partial charge in [0.2, 0.25) is 5.95 Å². The zero-order valence-electron chi connectivity index (χ0n) is 25.4. The lowest BCUT2D eigenvalue weighted by Crippen LogP contribution is -2.29. The number of piperidine rings is 1. The molecule has 0 saturated carbocycles. The van der Waals surface area contributed by atoms with E-state index in [2.05, 4.69) is 39.4 Å². The SMILES string of the molecule is CC(C)S(=O)(=O)c1cccc(Cn2c(=O)c(-c3nccn3C)cc3cnc(Nc4ccc(C5CCN(C)CC5)cc4)nc32)c1. The smallest absolute Gasteiger partial charge is 0.263 e. The summed E-state index contributed by atoms with van der Waals surface area (Å²) >= 11 is 0. The first-order chi connectivity index (χ1) is 21.1. The second-order valence-corrected chi connectivity index (χ2v) is 14.4. The Labute approximate surface area is 257 Å². The highest BCUT2D eigenvalue weighted by molar-refractivity contribution is 7.92. The summed E-state index contributed by atoms with van der Waals surface area (Å²) in [4.78, 5) is 30.4. The van der Waals surface area contributed by atoms with Gasteiger partial charge in [-0.3, -0.25) is 9.36 Å². The molecule has 44 heavy (non-hydrogen) atoms. The summed E-state index contributed by atoms with van der Waals surface area (Å²) in [5.41, 5.74) is 3.42. The first-order valence-electron chi connectivity index (χ1n) is 14.9. The molecule has 228 valence electrons. The Morgan fingerprint density at radius 3 is 2.43 bits per heavy atom. The maximum Gasteiger partial charge on any atom is 0.263 e. The monoisotopic (exact) mass is 611 g/mol. The van der Waals surface area contributed by atoms with Crippen molar-refractivity contribution in [3.8, 4) is 11.4 Å². The molecular weight excluding hydrogens is 574 g/mol. The second-order valence-electron chi connectivity index (χ2n) is 11.8. The van der Waals surface area contributed by atoms with Crippen molar-refractivity contribution >= 4 is 32.5 Å². The van der Waals surface area contributed by atoms with E-state index >= 15 is 0 Å². The lowest BCUT2D eigenvalue weighted by atomic mass is 9.89. The predicted octanol–water partition coefficient (Wildman–Crippen LogP) is 4.98. The average molecular weight is 612 g/mol. The van der Waals surface area contributed by atoms with E-state index in [1.165, 1.54) is 5.56 Å². The van der Waals surface area contributed by atoms with Gasteiger partial charge in [0.1, 0.15) is 11.5 Å². The van der Waals surface area contributed by atoms with Crippen LogP contribution in [0.5, 0.6) is 0 Å². The molecule has 4 heterocycles. The molecule has 0 unspecified atom stereocenters. The van der Waals surface area contributed by atoms with Crippen molar-refractivity contribution < 1.29 is 8.42 Å². The standard InChI is InChI=1S/C33H37N7O3S/c1-22(2)44(42,43)28-7-5-6-23(18-28)21-40-30-26(19-29(32(40)41)31-34-14-17-39(31)4)20-35-33(37-30)36-27-10-8-24(9-11-27)25-12-15-38(3)16-13-25/h5-11,14,17-20,22,25H,12-13,15-16,21H2,1-4H3,(H,35,36,37). The summed E-state index contributed by atoms with van der Waals surface area (Å²) in [5, 5.41) is 3.40. The van der Waals surface area contributed by atoms with Gasteiger partial charge in [0.15, 0.2) is 9.84 Å². The van der Waals surface area contributed by atoms with Gasteiger partial charge in [0.05, 0.1) is 22.3 Å². The Balaban J connectivity index is 1.38. The number of imidazole rings is 1. The van der Waals surface area contributed by atoms with E-state index in [1.807, 2.05) is 25.2 Å². The van der Waals surface area contributed by atoms with Crippen LogP contribution in [-0.4, -0.2) is 62.8 Å². The Morgan fingerprint density at radius 2 is 1.75 bits per heavy atom. The number of aromatic nitrogens is 5. The number of rotatable bonds is 8. The maximum absolute atomic E-state index is 14.0. The summed E-state index contributed by atoms with van der Waals surface area (Å²) in [7, 11) is 0.512. The maximum atomic E-state index is 14.0. The van der Waals surface area contributed by atoms with Crippen molar-refractivity contribution in [2.24, 2.45) is 7.05 Å². The highest BCUT2D eigenvalue weighted by Gasteiger charge is 2.21. The van der Waals surface area contributed by atoms with Crippen LogP contribution in [0, 0.1) is 0 Å². The van der Waals surface area contributed by atoms with Crippen LogP contribution in [0.3, 0.4) is 0 Å². The number of fused-ring (bicyclic) bond motifs is 1. The molecule has 10 nitrogen and oxygen atoms in total. The fourth-order valence-electron chi connectivity index (χ4n) is 5.74. The lowest BCUT2D eigenvalue weighted by molar-refractivity contribution is 0.255. The molecule has 1 N–H and O–H groups in total. The molecule has 0 spiro atoms. The van der Waals surface area contributed by atoms with Gasteiger partial charge in [-0.2, -0.15) is 4.98 Å². The van der Waals surface area contributed by atoms with Gasteiger partial charge in [-0.1, -0.05) is 24.3 Å². The third kappa shape index (κ3) is 5.89. The number of benzene rings is 2. The van der Waals surface area contributed by atoms with Crippen molar-refractivity contribution in [2.45, 2.75) is 49.3 Å². The van der Waals surface area contributed by atoms with E-state index in [0.717, 1.165) is 31.6 Å². The van der Waals surface area contributed by atoms with Crippen molar-refractivity contribution in [2.75, 3.05) is 25.5 Å². The number of nitrogens with zero attached hydrogens (tertiary/aromatic N) is 6. The molecule has 1 fully saturated rings. The molecule has 0 atom stereocenters. The van der Waals surface area contributed by atoms with E-state index in [-0.39, 0.29) is 17.0 Å². The number of anilines is 2. The number of hydrogen-bond donors (Lipinski definition) is 1. The van der Waals surface area contributed by atoms with E-state index < -0.39 is 15.1 Å². The molecule has 1 aliphatic heterocycles. The molecule has 0 radical (unpaired) electrons. The van der Waals surface area contributed by atoms with Gasteiger partial charge in [0, 0.05) is 36.7 Å². The van der Waals surface area contributed by atoms with E-state index in [4.69, 9.17) is 4.98 Å². The summed E-state index contributed by atoms with van der Waals surface area (Å²) < 4.78 is 29.1. The van der Waals surface area contributed by atoms with Crippen molar-refractivity contribution in [3.05, 3.63) is 94.7 Å². The normalized spacial score (nSPS) is 14.8. The molecule has 5 aromatic rings. The fraction of sp³-hybridized carbons (Fsp3) is 0.333. The van der Waals surface area contributed by atoms with Gasteiger partial charge in [-0.25, -0.2) is 18.4 Å². The molecule has 0 bridgehead atoms. The Bertz CT molecular complexity index is 1970. The number of hydrogen-bond acceptors (Lipinski definition) is 8. The minimum Gasteiger partial charge on any atom is -0.334 e. The lowest BCUT2D eigenvalue weighted by Gasteiger charge is -2.29. The van der Waals surface area contributed by atoms with E-state index in [9.17, 15) is 13.2 Å². The van der Waals surface area contributed by atoms with Gasteiger partial charge >= 0.3 is 0 Å². The Kier molecular flexibility index (Phi) is 8.08. The number of pyridine rings is 1. The third-order valence-electron chi connectivity index (χ3n) is 8.43. The largest absolute Gasteiger partial charge is 0.334 e. The molecule has 11 heteroatoms. The van der Waals surface area contributed by atoms with E-state index in [0.29, 0.717) is 39.9 Å². The van der Waals surface area contributed by atoms with Crippen LogP contribution in [0.25, 0.3) is 22.4 Å². The fourth-order valence-corrected chi connectivity index (χ4v) is 6.86. The number of nitrogens with one attached hydrogen (secondary N) is 1. The first kappa shape index (κ1) is 29.7. The number of likely N-dealkylation sites (tertiary alicyclic amines) is 1. The minimum atomic E-state index is -3.49. The van der Waals surface area contributed by atoms with Crippen LogP contribution in [0.4, 0.5) is 11.6 Å². The summed E-state index contributed by atoms with van der Waals surface area (Å²) in [5.74, 6) is 1.45. The van der Waals surface area contributed by atoms with Gasteiger partial charge < -0.3 is 14.8 Å². The number of aryl methyl sites for hydroxylation is 1. The molecule has 6 rings (SSSR count). The molecular formula is C33H37N7O3S. The topological polar surface area (TPSA) is 115 Å². The highest BCUT2D eigenvalue weighted by atomic mass is 32.2. The molecule has 3 aromatic heterocycles. The average Bonchev–Trinajstić information content (AvgIpc) is 3.45. The minimum absolute atomic E-state index is 0.122. The van der Waals surface area contributed by atoms with Crippen LogP contribution in [0.1, 0.15) is 43.7 Å². The van der Waals surface area contributed by atoms with Crippen LogP contribution in [0.2, 0.25) is 0 Å². The first-order valence-corrected chi connectivity index (χ1v) is 16.4. The van der Waals surface area contributed by atoms with Crippen LogP contribution in [0.15, 0.2) is 82.9 Å². The molecule has 2 aromatic carbocycles. The van der Waals surface area contributed by atoms with Crippen molar-refractivity contribution in [1.82, 2.24) is 29.0 Å². The molecule has 0 aliphatic carbocycles. The van der Waals surface area contributed by atoms with Gasteiger partial charge in [-0.05, 0) is 94.2 Å². The Hall–Kier alpha value is -4.35. The second kappa shape index (κ2) is 12.0. The van der Waals surface area contributed by atoms with E-state index in [1.54, 1.807) is 65.8 Å². The van der Waals surface area contributed by atoms with Crippen LogP contribution < -0.4 is 10.9 Å². The van der Waals surface area contributed by atoms with Crippen molar-refractivity contribution in [1.29, 1.82) is 0 Å². The van der Waals surface area contributed by atoms with Gasteiger partial charge in [0.25, 0.3) is 5.56 Å². The van der Waals surface area contributed by atoms with Crippen LogP contribution in [-0.2, 0) is 23.4 Å². The molecule has 1 saturated heterocycles. The van der Waals surface area contributed by atoms with Crippen molar-refractivity contribution in [3.63, 3.8) is 0 Å². The zero-order chi connectivity index (χ0) is 31.0. The van der Waals surface area contributed by atoms with Gasteiger partial charge in [-0.15, -0.1) is 0 Å². The Morgan fingerprint density at radius 1 is 1.00 bits per heavy atom. The summed E-state index contributed by atoms with van der Waals surface area (Å²) in [6.07, 6.45) is 7.43. The highest BCUT2D eigenvalue weighted by Crippen LogP contribution is 2.29. The molecule has 1 aliphatic rings. The van der Waals surface area contributed by atoms with Crippen LogP contribution >= 0.6 is 0 Å². The molecule has 0 amide bonds.